The Kier molecular flexibility index (Phi) is 3.12. The van der Waals surface area contributed by atoms with Gasteiger partial charge in [0.1, 0.15) is 17.7 Å². The van der Waals surface area contributed by atoms with Gasteiger partial charge in [-0.2, -0.15) is 10.5 Å². The average Bonchev–Trinajstić information content (AvgIpc) is 3.46. The molecule has 0 unspecified atom stereocenters. The summed E-state index contributed by atoms with van der Waals surface area (Å²) in [5, 5.41) is 23.9. The monoisotopic (exact) mass is 358 g/mol. The van der Waals surface area contributed by atoms with E-state index < -0.39 is 0 Å². The second-order valence-electron chi connectivity index (χ2n) is 8.33. The van der Waals surface area contributed by atoms with Crippen LogP contribution in [0.5, 0.6) is 0 Å². The average molecular weight is 358 g/mol. The molecule has 4 bridgehead atoms. The number of allylic oxidation sites excluding steroid dienone is 3. The molecule has 0 radical (unpaired) electrons. The molecule has 4 atom stereocenters. The molecule has 3 aromatic rings. The predicted molar refractivity (Wildman–Crippen MR) is 111 cm³/mol. The number of hydrogen-bond acceptors (Lipinski definition) is 2. The normalized spacial score (nSPS) is 26.8. The molecule has 4 fully saturated rings. The highest BCUT2D eigenvalue weighted by atomic mass is 14.6. The van der Waals surface area contributed by atoms with Crippen LogP contribution in [0.25, 0.3) is 27.6 Å². The summed E-state index contributed by atoms with van der Waals surface area (Å²) in [4.78, 5) is 0. The number of benzene rings is 3. The Hall–Kier alpha value is -3.36. The van der Waals surface area contributed by atoms with E-state index in [1.807, 2.05) is 0 Å². The van der Waals surface area contributed by atoms with Crippen LogP contribution in [0.2, 0.25) is 0 Å². The maximum atomic E-state index is 9.34. The predicted octanol–water partition coefficient (Wildman–Crippen LogP) is 6.01. The van der Waals surface area contributed by atoms with Gasteiger partial charge in [0.15, 0.2) is 0 Å². The molecular formula is C26H18N2. The molecule has 132 valence electrons. The first-order chi connectivity index (χ1) is 13.8. The van der Waals surface area contributed by atoms with E-state index in [9.17, 15) is 10.5 Å². The lowest BCUT2D eigenvalue weighted by atomic mass is 9.86. The summed E-state index contributed by atoms with van der Waals surface area (Å²) in [7, 11) is 0. The van der Waals surface area contributed by atoms with Gasteiger partial charge in [-0.3, -0.25) is 0 Å². The van der Waals surface area contributed by atoms with Crippen molar-refractivity contribution in [2.24, 2.45) is 23.7 Å². The molecule has 0 saturated heterocycles. The van der Waals surface area contributed by atoms with Crippen molar-refractivity contribution in [1.82, 2.24) is 0 Å². The fraction of sp³-hybridized carbons (Fsp3) is 0.231. The van der Waals surface area contributed by atoms with Crippen LogP contribution >= 0.6 is 0 Å². The molecule has 4 aliphatic rings. The van der Waals surface area contributed by atoms with Gasteiger partial charge in [-0.1, -0.05) is 60.2 Å². The fourth-order valence-corrected chi connectivity index (χ4v) is 6.29. The van der Waals surface area contributed by atoms with Crippen molar-refractivity contribution in [2.45, 2.75) is 12.8 Å². The topological polar surface area (TPSA) is 47.6 Å². The van der Waals surface area contributed by atoms with Gasteiger partial charge in [-0.25, -0.2) is 0 Å². The highest BCUT2D eigenvalue weighted by molar-refractivity contribution is 6.07. The Morgan fingerprint density at radius 3 is 1.86 bits per heavy atom. The Bertz CT molecular complexity index is 1220. The smallest absolute Gasteiger partial charge is 0.129 e. The summed E-state index contributed by atoms with van der Waals surface area (Å²) in [6.45, 7) is 0. The van der Waals surface area contributed by atoms with Crippen LogP contribution in [0.15, 0.2) is 71.3 Å². The summed E-state index contributed by atoms with van der Waals surface area (Å²) in [6, 6.07) is 23.8. The Morgan fingerprint density at radius 2 is 1.32 bits per heavy atom. The Balaban J connectivity index is 1.55. The zero-order chi connectivity index (χ0) is 18.8. The second-order valence-corrected chi connectivity index (χ2v) is 8.33. The molecule has 2 nitrogen and oxygen atoms in total. The summed E-state index contributed by atoms with van der Waals surface area (Å²) >= 11 is 0. The summed E-state index contributed by atoms with van der Waals surface area (Å²) in [6.07, 6.45) is 4.69. The van der Waals surface area contributed by atoms with Crippen LogP contribution in [0.3, 0.4) is 0 Å². The molecule has 0 heterocycles. The molecule has 2 heteroatoms. The van der Waals surface area contributed by atoms with Crippen LogP contribution in [0.4, 0.5) is 0 Å². The van der Waals surface area contributed by atoms with E-state index in [4.69, 9.17) is 0 Å². The van der Waals surface area contributed by atoms with Crippen LogP contribution in [-0.2, 0) is 0 Å². The van der Waals surface area contributed by atoms with Crippen molar-refractivity contribution in [3.05, 3.63) is 76.9 Å². The van der Waals surface area contributed by atoms with Crippen LogP contribution in [0, 0.1) is 46.3 Å². The molecule has 3 aromatic carbocycles. The highest BCUT2D eigenvalue weighted by Crippen LogP contribution is 2.69. The SMILES string of the molecule is N#CC(C#N)=C1[C@H]2C[C@@H]3C(=Cc4c5ccccc5cc5ccccc45)[C@H]2C[C@H]13. The van der Waals surface area contributed by atoms with Gasteiger partial charge in [0.25, 0.3) is 0 Å². The minimum Gasteiger partial charge on any atom is -0.192 e. The maximum absolute atomic E-state index is 9.34. The molecule has 0 amide bonds. The lowest BCUT2D eigenvalue weighted by Gasteiger charge is -2.17. The van der Waals surface area contributed by atoms with Crippen LogP contribution in [-0.4, -0.2) is 0 Å². The standard InChI is InChI=1S/C26H18N2/c27-13-17(14-28)26-24-11-22-21(23(24)12-25(22)26)10-20-18-7-3-1-5-15(18)9-16-6-2-4-8-19(16)20/h1-10,22-25H,11-12H2/t22-,23-,24+,25+/m1/s1. The largest absolute Gasteiger partial charge is 0.192 e. The molecule has 28 heavy (non-hydrogen) atoms. The maximum Gasteiger partial charge on any atom is 0.129 e. The van der Waals surface area contributed by atoms with Gasteiger partial charge in [0, 0.05) is 0 Å². The molecule has 0 aromatic heterocycles. The second kappa shape index (κ2) is 5.57. The van der Waals surface area contributed by atoms with E-state index in [0.29, 0.717) is 29.2 Å². The third kappa shape index (κ3) is 1.90. The first-order valence-electron chi connectivity index (χ1n) is 9.96. The number of nitriles is 2. The molecular weight excluding hydrogens is 340 g/mol. The lowest BCUT2D eigenvalue weighted by Crippen LogP contribution is -2.07. The van der Waals surface area contributed by atoms with Crippen molar-refractivity contribution in [1.29, 1.82) is 10.5 Å². The first-order valence-corrected chi connectivity index (χ1v) is 9.96. The van der Waals surface area contributed by atoms with E-state index in [0.717, 1.165) is 12.8 Å². The number of hydrogen-bond donors (Lipinski definition) is 0. The zero-order valence-corrected chi connectivity index (χ0v) is 15.4. The third-order valence-electron chi connectivity index (χ3n) is 7.28. The van der Waals surface area contributed by atoms with Crippen molar-refractivity contribution < 1.29 is 0 Å². The molecule has 0 N–H and O–H groups in total. The van der Waals surface area contributed by atoms with Gasteiger partial charge in [0.05, 0.1) is 0 Å². The van der Waals surface area contributed by atoms with Gasteiger partial charge in [0.2, 0.25) is 0 Å². The van der Waals surface area contributed by atoms with Crippen LogP contribution < -0.4 is 0 Å². The van der Waals surface area contributed by atoms with Gasteiger partial charge >= 0.3 is 0 Å². The molecule has 0 aliphatic heterocycles. The van der Waals surface area contributed by atoms with E-state index >= 15 is 0 Å². The summed E-state index contributed by atoms with van der Waals surface area (Å²) in [5.41, 5.74) is 4.43. The minimum absolute atomic E-state index is 0.384. The third-order valence-corrected chi connectivity index (χ3v) is 7.28. The summed E-state index contributed by atoms with van der Waals surface area (Å²) in [5.74, 6) is 1.85. The minimum atomic E-state index is 0.384. The Morgan fingerprint density at radius 1 is 0.786 bits per heavy atom. The van der Waals surface area contributed by atoms with Crippen molar-refractivity contribution in [3.8, 4) is 12.1 Å². The van der Waals surface area contributed by atoms with Crippen molar-refractivity contribution in [2.75, 3.05) is 0 Å². The van der Waals surface area contributed by atoms with Gasteiger partial charge < -0.3 is 0 Å². The molecule has 4 aliphatic carbocycles. The van der Waals surface area contributed by atoms with Gasteiger partial charge in [-0.05, 0) is 75.3 Å². The lowest BCUT2D eigenvalue weighted by molar-refractivity contribution is 0.457. The van der Waals surface area contributed by atoms with Crippen molar-refractivity contribution >= 4 is 27.6 Å². The van der Waals surface area contributed by atoms with E-state index in [1.54, 1.807) is 5.57 Å². The van der Waals surface area contributed by atoms with E-state index in [2.05, 4.69) is 72.8 Å². The van der Waals surface area contributed by atoms with Crippen molar-refractivity contribution in [3.63, 3.8) is 0 Å². The first kappa shape index (κ1) is 15.7. The molecule has 4 saturated carbocycles. The fourth-order valence-electron chi connectivity index (χ4n) is 6.29. The molecule has 0 spiro atoms. The number of nitrogens with zero attached hydrogens (tertiary/aromatic N) is 2. The molecule has 7 rings (SSSR count). The summed E-state index contributed by atoms with van der Waals surface area (Å²) < 4.78 is 0. The van der Waals surface area contributed by atoms with E-state index in [-0.39, 0.29) is 0 Å². The highest BCUT2D eigenvalue weighted by Gasteiger charge is 2.60. The van der Waals surface area contributed by atoms with Crippen LogP contribution in [0.1, 0.15) is 18.4 Å². The van der Waals surface area contributed by atoms with E-state index in [1.165, 1.54) is 32.7 Å². The quantitative estimate of drug-likeness (QED) is 0.395. The number of rotatable bonds is 1. The zero-order valence-electron chi connectivity index (χ0n) is 15.4. The Labute approximate surface area is 164 Å². The van der Waals surface area contributed by atoms with Gasteiger partial charge in [-0.15, -0.1) is 0 Å². The number of fused-ring (bicyclic) bond motifs is 2.